The van der Waals surface area contributed by atoms with Crippen molar-refractivity contribution in [1.82, 2.24) is 0 Å². The molecule has 0 bridgehead atoms. The highest BCUT2D eigenvalue weighted by Gasteiger charge is 2.36. The quantitative estimate of drug-likeness (QED) is 0.715. The topological polar surface area (TPSA) is 69.9 Å². The van der Waals surface area contributed by atoms with Crippen molar-refractivity contribution >= 4 is 0 Å². The first kappa shape index (κ1) is 12.5. The lowest BCUT2D eigenvalue weighted by Crippen LogP contribution is -2.49. The van der Waals surface area contributed by atoms with Gasteiger partial charge in [-0.05, 0) is 18.4 Å². The van der Waals surface area contributed by atoms with Crippen molar-refractivity contribution in [2.24, 2.45) is 0 Å². The number of rotatable bonds is 3. The molecule has 3 N–H and O–H groups in total. The van der Waals surface area contributed by atoms with Crippen molar-refractivity contribution < 1.29 is 20.1 Å². The van der Waals surface area contributed by atoms with Crippen LogP contribution in [-0.2, 0) is 11.3 Å². The molecule has 1 fully saturated rings. The lowest BCUT2D eigenvalue weighted by atomic mass is 9.89. The maximum absolute atomic E-state index is 9.75. The molecule has 1 aromatic carbocycles. The van der Waals surface area contributed by atoms with Crippen molar-refractivity contribution in [1.29, 1.82) is 0 Å². The van der Waals surface area contributed by atoms with E-state index in [0.717, 1.165) is 5.56 Å². The molecule has 0 amide bonds. The van der Waals surface area contributed by atoms with Gasteiger partial charge < -0.3 is 20.1 Å². The summed E-state index contributed by atoms with van der Waals surface area (Å²) in [5, 5.41) is 28.7. The van der Waals surface area contributed by atoms with E-state index in [1.165, 1.54) is 0 Å². The average molecular weight is 238 g/mol. The van der Waals surface area contributed by atoms with Crippen LogP contribution in [0, 0.1) is 0 Å². The van der Waals surface area contributed by atoms with Crippen molar-refractivity contribution in [3.05, 3.63) is 35.9 Å². The Labute approximate surface area is 100 Å². The first-order valence-corrected chi connectivity index (χ1v) is 5.88. The van der Waals surface area contributed by atoms with E-state index < -0.39 is 24.4 Å². The Morgan fingerprint density at radius 2 is 1.71 bits per heavy atom. The maximum atomic E-state index is 9.75. The number of hydrogen-bond donors (Lipinski definition) is 3. The van der Waals surface area contributed by atoms with Gasteiger partial charge in [-0.2, -0.15) is 0 Å². The SMILES string of the molecule is O[C@@H]1[C@H](O)[C@H](O)CC[C@H]1OCc1ccccc1. The third-order valence-corrected chi connectivity index (χ3v) is 3.18. The van der Waals surface area contributed by atoms with E-state index in [1.54, 1.807) is 0 Å². The molecule has 94 valence electrons. The molecule has 17 heavy (non-hydrogen) atoms. The summed E-state index contributed by atoms with van der Waals surface area (Å²) < 4.78 is 5.58. The minimum absolute atomic E-state index is 0.408. The van der Waals surface area contributed by atoms with E-state index in [-0.39, 0.29) is 0 Å². The number of ether oxygens (including phenoxy) is 1. The fraction of sp³-hybridized carbons (Fsp3) is 0.538. The Balaban J connectivity index is 1.87. The highest BCUT2D eigenvalue weighted by molar-refractivity contribution is 5.13. The predicted octanol–water partition coefficient (Wildman–Crippen LogP) is 0.448. The summed E-state index contributed by atoms with van der Waals surface area (Å²) in [7, 11) is 0. The van der Waals surface area contributed by atoms with Crippen LogP contribution < -0.4 is 0 Å². The van der Waals surface area contributed by atoms with Crippen LogP contribution in [0.15, 0.2) is 30.3 Å². The molecule has 0 radical (unpaired) electrons. The summed E-state index contributed by atoms with van der Waals surface area (Å²) in [6, 6.07) is 9.67. The normalized spacial score (nSPS) is 33.6. The zero-order valence-electron chi connectivity index (χ0n) is 9.57. The second kappa shape index (κ2) is 5.60. The summed E-state index contributed by atoms with van der Waals surface area (Å²) in [6.45, 7) is 0.408. The smallest absolute Gasteiger partial charge is 0.109 e. The second-order valence-corrected chi connectivity index (χ2v) is 4.46. The number of aliphatic hydroxyl groups is 3. The van der Waals surface area contributed by atoms with Crippen LogP contribution in [-0.4, -0.2) is 39.7 Å². The monoisotopic (exact) mass is 238 g/mol. The standard InChI is InChI=1S/C13H18O4/c14-10-6-7-11(13(16)12(10)15)17-8-9-4-2-1-3-5-9/h1-5,10-16H,6-8H2/t10-,11-,12-,13+/m1/s1. The Hall–Kier alpha value is -0.940. The molecule has 2 rings (SSSR count). The van der Waals surface area contributed by atoms with Crippen molar-refractivity contribution in [2.45, 2.75) is 43.9 Å². The molecule has 4 nitrogen and oxygen atoms in total. The average Bonchev–Trinajstić information content (AvgIpc) is 2.36. The van der Waals surface area contributed by atoms with Gasteiger partial charge in [-0.1, -0.05) is 30.3 Å². The summed E-state index contributed by atoms with van der Waals surface area (Å²) in [5.74, 6) is 0. The molecular formula is C13H18O4. The van der Waals surface area contributed by atoms with Crippen molar-refractivity contribution in [2.75, 3.05) is 0 Å². The number of benzene rings is 1. The third kappa shape index (κ3) is 3.04. The summed E-state index contributed by atoms with van der Waals surface area (Å²) >= 11 is 0. The predicted molar refractivity (Wildman–Crippen MR) is 62.3 cm³/mol. The molecule has 1 aliphatic rings. The van der Waals surface area contributed by atoms with E-state index in [0.29, 0.717) is 19.4 Å². The van der Waals surface area contributed by atoms with Gasteiger partial charge in [-0.3, -0.25) is 0 Å². The molecule has 1 aliphatic carbocycles. The van der Waals surface area contributed by atoms with E-state index >= 15 is 0 Å². The van der Waals surface area contributed by atoms with Crippen LogP contribution in [0.5, 0.6) is 0 Å². The van der Waals surface area contributed by atoms with Gasteiger partial charge in [0.25, 0.3) is 0 Å². The van der Waals surface area contributed by atoms with Crippen LogP contribution in [0.3, 0.4) is 0 Å². The molecule has 0 unspecified atom stereocenters. The number of hydrogen-bond acceptors (Lipinski definition) is 4. The second-order valence-electron chi connectivity index (χ2n) is 4.46. The van der Waals surface area contributed by atoms with Gasteiger partial charge in [0.15, 0.2) is 0 Å². The van der Waals surface area contributed by atoms with Gasteiger partial charge in [0.05, 0.1) is 18.8 Å². The van der Waals surface area contributed by atoms with E-state index in [2.05, 4.69) is 0 Å². The highest BCUT2D eigenvalue weighted by atomic mass is 16.5. The van der Waals surface area contributed by atoms with Gasteiger partial charge in [-0.15, -0.1) is 0 Å². The molecular weight excluding hydrogens is 220 g/mol. The molecule has 1 saturated carbocycles. The zero-order valence-corrected chi connectivity index (χ0v) is 9.57. The first-order valence-electron chi connectivity index (χ1n) is 5.88. The van der Waals surface area contributed by atoms with E-state index in [9.17, 15) is 15.3 Å². The molecule has 4 atom stereocenters. The minimum atomic E-state index is -1.11. The van der Waals surface area contributed by atoms with Crippen molar-refractivity contribution in [3.8, 4) is 0 Å². The Kier molecular flexibility index (Phi) is 4.12. The van der Waals surface area contributed by atoms with Gasteiger partial charge in [0.2, 0.25) is 0 Å². The molecule has 0 heterocycles. The maximum Gasteiger partial charge on any atom is 0.109 e. The minimum Gasteiger partial charge on any atom is -0.390 e. The van der Waals surface area contributed by atoms with Crippen molar-refractivity contribution in [3.63, 3.8) is 0 Å². The van der Waals surface area contributed by atoms with Crippen LogP contribution in [0.4, 0.5) is 0 Å². The van der Waals surface area contributed by atoms with E-state index in [4.69, 9.17) is 4.74 Å². The summed E-state index contributed by atoms with van der Waals surface area (Å²) in [6.07, 6.45) is -2.36. The third-order valence-electron chi connectivity index (χ3n) is 3.18. The Morgan fingerprint density at radius 3 is 2.41 bits per heavy atom. The van der Waals surface area contributed by atoms with Gasteiger partial charge >= 0.3 is 0 Å². The molecule has 1 aromatic rings. The highest BCUT2D eigenvalue weighted by Crippen LogP contribution is 2.23. The largest absolute Gasteiger partial charge is 0.390 e. The lowest BCUT2D eigenvalue weighted by Gasteiger charge is -2.34. The van der Waals surface area contributed by atoms with Gasteiger partial charge in [0, 0.05) is 0 Å². The van der Waals surface area contributed by atoms with Gasteiger partial charge in [0.1, 0.15) is 12.2 Å². The molecule has 0 spiro atoms. The molecule has 0 aliphatic heterocycles. The van der Waals surface area contributed by atoms with Crippen LogP contribution in [0.2, 0.25) is 0 Å². The first-order chi connectivity index (χ1) is 8.18. The summed E-state index contributed by atoms with van der Waals surface area (Å²) in [5.41, 5.74) is 1.03. The Bertz CT molecular complexity index is 341. The fourth-order valence-electron chi connectivity index (χ4n) is 2.08. The van der Waals surface area contributed by atoms with Crippen LogP contribution >= 0.6 is 0 Å². The Morgan fingerprint density at radius 1 is 1.00 bits per heavy atom. The lowest BCUT2D eigenvalue weighted by molar-refractivity contribution is -0.156. The summed E-state index contributed by atoms with van der Waals surface area (Å²) in [4.78, 5) is 0. The van der Waals surface area contributed by atoms with Gasteiger partial charge in [-0.25, -0.2) is 0 Å². The van der Waals surface area contributed by atoms with E-state index in [1.807, 2.05) is 30.3 Å². The number of aliphatic hydroxyl groups excluding tert-OH is 3. The molecule has 0 saturated heterocycles. The zero-order chi connectivity index (χ0) is 12.3. The van der Waals surface area contributed by atoms with Crippen LogP contribution in [0.1, 0.15) is 18.4 Å². The molecule has 4 heteroatoms. The fourth-order valence-corrected chi connectivity index (χ4v) is 2.08. The van der Waals surface area contributed by atoms with Crippen LogP contribution in [0.25, 0.3) is 0 Å². The molecule has 0 aromatic heterocycles.